The van der Waals surface area contributed by atoms with Gasteiger partial charge in [0, 0.05) is 0 Å². The molecule has 0 aromatic rings. The van der Waals surface area contributed by atoms with Crippen LogP contribution in [0, 0.1) is 5.92 Å². The van der Waals surface area contributed by atoms with E-state index >= 15 is 0 Å². The zero-order valence-corrected chi connectivity index (χ0v) is 10.0. The van der Waals surface area contributed by atoms with Gasteiger partial charge in [0.25, 0.3) is 0 Å². The number of nitrogens with two attached hydrogens (primary N) is 1. The Balaban J connectivity index is 4.25. The summed E-state index contributed by atoms with van der Waals surface area (Å²) >= 11 is 0. The molecular formula is C11H21NO4. The van der Waals surface area contributed by atoms with Gasteiger partial charge in [0.2, 0.25) is 0 Å². The standard InChI is InChI=1S/C11H21NO4/c1-3-15-10(13)9(7-5-6-8-12)11(14)16-4-2/h9H,3-8,12H2,1-2H3. The van der Waals surface area contributed by atoms with Crippen molar-refractivity contribution in [1.82, 2.24) is 0 Å². The molecule has 0 aliphatic carbocycles. The molecule has 0 saturated heterocycles. The van der Waals surface area contributed by atoms with E-state index in [1.54, 1.807) is 13.8 Å². The molecule has 0 bridgehead atoms. The second-order valence-corrected chi connectivity index (χ2v) is 3.34. The van der Waals surface area contributed by atoms with Crippen molar-refractivity contribution in [3.8, 4) is 0 Å². The van der Waals surface area contributed by atoms with Crippen LogP contribution in [0.4, 0.5) is 0 Å². The van der Waals surface area contributed by atoms with Crippen LogP contribution in [0.5, 0.6) is 0 Å². The molecule has 0 unspecified atom stereocenters. The predicted molar refractivity (Wildman–Crippen MR) is 59.7 cm³/mol. The molecule has 0 saturated carbocycles. The monoisotopic (exact) mass is 231 g/mol. The van der Waals surface area contributed by atoms with Crippen LogP contribution >= 0.6 is 0 Å². The Morgan fingerprint density at radius 2 is 1.56 bits per heavy atom. The maximum absolute atomic E-state index is 11.5. The number of carbonyl (C=O) groups excluding carboxylic acids is 2. The fourth-order valence-electron chi connectivity index (χ4n) is 1.31. The normalized spacial score (nSPS) is 10.2. The number of carbonyl (C=O) groups is 2. The highest BCUT2D eigenvalue weighted by Crippen LogP contribution is 2.12. The molecule has 0 atom stereocenters. The summed E-state index contributed by atoms with van der Waals surface area (Å²) in [6.45, 7) is 4.51. The second kappa shape index (κ2) is 9.15. The number of esters is 2. The van der Waals surface area contributed by atoms with Crippen LogP contribution in [0.2, 0.25) is 0 Å². The lowest BCUT2D eigenvalue weighted by molar-refractivity contribution is -0.161. The second-order valence-electron chi connectivity index (χ2n) is 3.34. The van der Waals surface area contributed by atoms with Crippen molar-refractivity contribution in [2.45, 2.75) is 33.1 Å². The zero-order valence-electron chi connectivity index (χ0n) is 10.0. The number of ether oxygens (including phenoxy) is 2. The Kier molecular flexibility index (Phi) is 8.52. The molecule has 0 radical (unpaired) electrons. The van der Waals surface area contributed by atoms with E-state index in [-0.39, 0.29) is 13.2 Å². The molecule has 5 heteroatoms. The molecule has 0 heterocycles. The molecule has 0 spiro atoms. The molecule has 0 aromatic heterocycles. The van der Waals surface area contributed by atoms with Crippen LogP contribution in [0.25, 0.3) is 0 Å². The lowest BCUT2D eigenvalue weighted by atomic mass is 10.0. The maximum atomic E-state index is 11.5. The number of unbranched alkanes of at least 4 members (excludes halogenated alkanes) is 1. The number of hydrogen-bond acceptors (Lipinski definition) is 5. The molecule has 0 rings (SSSR count). The van der Waals surface area contributed by atoms with Gasteiger partial charge >= 0.3 is 11.9 Å². The van der Waals surface area contributed by atoms with Gasteiger partial charge < -0.3 is 15.2 Å². The average molecular weight is 231 g/mol. The first-order chi connectivity index (χ1) is 7.67. The van der Waals surface area contributed by atoms with E-state index in [0.717, 1.165) is 12.8 Å². The minimum Gasteiger partial charge on any atom is -0.465 e. The van der Waals surface area contributed by atoms with Crippen LogP contribution in [0.3, 0.4) is 0 Å². The van der Waals surface area contributed by atoms with E-state index in [9.17, 15) is 9.59 Å². The SMILES string of the molecule is CCOC(=O)C(CCCCN)C(=O)OCC. The van der Waals surface area contributed by atoms with Gasteiger partial charge in [0.1, 0.15) is 0 Å². The van der Waals surface area contributed by atoms with Crippen molar-refractivity contribution in [2.75, 3.05) is 19.8 Å². The summed E-state index contributed by atoms with van der Waals surface area (Å²) in [6.07, 6.45) is 1.95. The predicted octanol–water partition coefficient (Wildman–Crippen LogP) is 0.858. The summed E-state index contributed by atoms with van der Waals surface area (Å²) in [5.41, 5.74) is 5.35. The van der Waals surface area contributed by atoms with Crippen molar-refractivity contribution in [1.29, 1.82) is 0 Å². The van der Waals surface area contributed by atoms with Gasteiger partial charge in [-0.05, 0) is 33.2 Å². The minimum absolute atomic E-state index is 0.269. The fourth-order valence-corrected chi connectivity index (χ4v) is 1.31. The van der Waals surface area contributed by atoms with Gasteiger partial charge in [-0.1, -0.05) is 6.42 Å². The first-order valence-electron chi connectivity index (χ1n) is 5.70. The quantitative estimate of drug-likeness (QED) is 0.381. The van der Waals surface area contributed by atoms with Gasteiger partial charge in [-0.2, -0.15) is 0 Å². The molecular weight excluding hydrogens is 210 g/mol. The van der Waals surface area contributed by atoms with E-state index in [0.29, 0.717) is 13.0 Å². The molecule has 5 nitrogen and oxygen atoms in total. The molecule has 0 fully saturated rings. The summed E-state index contributed by atoms with van der Waals surface area (Å²) in [5, 5.41) is 0. The van der Waals surface area contributed by atoms with Gasteiger partial charge in [0.05, 0.1) is 13.2 Å². The molecule has 0 aliphatic heterocycles. The molecule has 0 aliphatic rings. The Morgan fingerprint density at radius 3 is 1.94 bits per heavy atom. The van der Waals surface area contributed by atoms with E-state index in [2.05, 4.69) is 0 Å². The third kappa shape index (κ3) is 5.70. The highest BCUT2D eigenvalue weighted by molar-refractivity contribution is 5.94. The molecule has 94 valence electrons. The van der Waals surface area contributed by atoms with E-state index < -0.39 is 17.9 Å². The van der Waals surface area contributed by atoms with E-state index in [1.807, 2.05) is 0 Å². The van der Waals surface area contributed by atoms with Crippen molar-refractivity contribution >= 4 is 11.9 Å². The summed E-state index contributed by atoms with van der Waals surface area (Å²) in [4.78, 5) is 23.0. The van der Waals surface area contributed by atoms with Crippen molar-refractivity contribution in [3.63, 3.8) is 0 Å². The topological polar surface area (TPSA) is 78.6 Å². The summed E-state index contributed by atoms with van der Waals surface area (Å²) in [5.74, 6) is -1.80. The van der Waals surface area contributed by atoms with E-state index in [4.69, 9.17) is 15.2 Å². The third-order valence-electron chi connectivity index (χ3n) is 2.09. The Hall–Kier alpha value is -1.10. The molecule has 0 amide bonds. The number of hydrogen-bond donors (Lipinski definition) is 1. The summed E-state index contributed by atoms with van der Waals surface area (Å²) in [6, 6.07) is 0. The first kappa shape index (κ1) is 14.9. The third-order valence-corrected chi connectivity index (χ3v) is 2.09. The molecule has 16 heavy (non-hydrogen) atoms. The van der Waals surface area contributed by atoms with Crippen molar-refractivity contribution in [3.05, 3.63) is 0 Å². The van der Waals surface area contributed by atoms with Crippen LogP contribution in [-0.2, 0) is 19.1 Å². The van der Waals surface area contributed by atoms with Gasteiger partial charge in [-0.3, -0.25) is 9.59 Å². The van der Waals surface area contributed by atoms with Gasteiger partial charge in [0.15, 0.2) is 5.92 Å². The maximum Gasteiger partial charge on any atom is 0.320 e. The van der Waals surface area contributed by atoms with Crippen LogP contribution in [0.1, 0.15) is 33.1 Å². The lowest BCUT2D eigenvalue weighted by Gasteiger charge is -2.13. The highest BCUT2D eigenvalue weighted by Gasteiger charge is 2.28. The smallest absolute Gasteiger partial charge is 0.320 e. The van der Waals surface area contributed by atoms with Crippen molar-refractivity contribution < 1.29 is 19.1 Å². The highest BCUT2D eigenvalue weighted by atomic mass is 16.6. The van der Waals surface area contributed by atoms with Crippen LogP contribution in [-0.4, -0.2) is 31.7 Å². The van der Waals surface area contributed by atoms with Gasteiger partial charge in [-0.25, -0.2) is 0 Å². The minimum atomic E-state index is -0.800. The zero-order chi connectivity index (χ0) is 12.4. The van der Waals surface area contributed by atoms with Gasteiger partial charge in [-0.15, -0.1) is 0 Å². The van der Waals surface area contributed by atoms with E-state index in [1.165, 1.54) is 0 Å². The largest absolute Gasteiger partial charge is 0.465 e. The Labute approximate surface area is 96.3 Å². The van der Waals surface area contributed by atoms with Crippen LogP contribution in [0.15, 0.2) is 0 Å². The lowest BCUT2D eigenvalue weighted by Crippen LogP contribution is -2.28. The van der Waals surface area contributed by atoms with Crippen LogP contribution < -0.4 is 5.73 Å². The van der Waals surface area contributed by atoms with Crippen molar-refractivity contribution in [2.24, 2.45) is 11.7 Å². The molecule has 2 N–H and O–H groups in total. The summed E-state index contributed by atoms with van der Waals surface area (Å²) in [7, 11) is 0. The molecule has 0 aromatic carbocycles. The summed E-state index contributed by atoms with van der Waals surface area (Å²) < 4.78 is 9.66. The Bertz CT molecular complexity index is 200. The first-order valence-corrected chi connectivity index (χ1v) is 5.70. The number of rotatable bonds is 8. The average Bonchev–Trinajstić information content (AvgIpc) is 2.25. The fraction of sp³-hybridized carbons (Fsp3) is 0.818. The Morgan fingerprint density at radius 1 is 1.06 bits per heavy atom.